The van der Waals surface area contributed by atoms with Gasteiger partial charge in [-0.3, -0.25) is 18.2 Å². The standard InChI is InChI=1S/C23H33FN4O4S/c1-2-26-17-13-18(22(24)20(14-17)28-10-6-7-11-33(28,31)32)23(30)27-19(21(29)15-25)12-16-8-4-3-5-9-16/h3-5,8-9,13-14,19,21,26,29,31-32H,2,6-7,10-12,15,25H2,1H3,(H,27,30)/t19-,21+/m0/s1. The molecule has 1 heterocycles. The van der Waals surface area contributed by atoms with E-state index >= 15 is 4.39 Å². The Morgan fingerprint density at radius 3 is 2.61 bits per heavy atom. The van der Waals surface area contributed by atoms with Crippen LogP contribution in [0.2, 0.25) is 0 Å². The van der Waals surface area contributed by atoms with Crippen LogP contribution in [0, 0.1) is 5.82 Å². The van der Waals surface area contributed by atoms with Gasteiger partial charge in [0.15, 0.2) is 5.82 Å². The molecule has 2 aromatic carbocycles. The van der Waals surface area contributed by atoms with Gasteiger partial charge in [-0.05, 0) is 43.9 Å². The molecular formula is C23H33FN4O4S. The summed E-state index contributed by atoms with van der Waals surface area (Å²) < 4.78 is 37.9. The number of carbonyl (C=O) groups excluding carboxylic acids is 1. The second-order valence-corrected chi connectivity index (χ2v) is 10.2. The zero-order chi connectivity index (χ0) is 24.0. The van der Waals surface area contributed by atoms with Crippen molar-refractivity contribution in [2.75, 3.05) is 35.0 Å². The van der Waals surface area contributed by atoms with Crippen LogP contribution in [0.3, 0.4) is 0 Å². The number of nitrogens with one attached hydrogen (secondary N) is 2. The van der Waals surface area contributed by atoms with E-state index in [0.29, 0.717) is 31.5 Å². The smallest absolute Gasteiger partial charge is 0.254 e. The zero-order valence-electron chi connectivity index (χ0n) is 18.7. The molecule has 3 rings (SSSR count). The molecule has 1 aliphatic rings. The number of rotatable bonds is 9. The molecule has 0 aliphatic carbocycles. The van der Waals surface area contributed by atoms with Gasteiger partial charge < -0.3 is 21.5 Å². The maximum atomic E-state index is 15.6. The highest BCUT2D eigenvalue weighted by atomic mass is 32.3. The molecule has 1 amide bonds. The monoisotopic (exact) mass is 480 g/mol. The van der Waals surface area contributed by atoms with Gasteiger partial charge in [0.2, 0.25) is 0 Å². The Labute approximate surface area is 195 Å². The Morgan fingerprint density at radius 1 is 1.24 bits per heavy atom. The number of anilines is 2. The van der Waals surface area contributed by atoms with Crippen molar-refractivity contribution in [3.05, 3.63) is 59.4 Å². The van der Waals surface area contributed by atoms with Crippen LogP contribution in [0.5, 0.6) is 0 Å². The molecule has 182 valence electrons. The van der Waals surface area contributed by atoms with Gasteiger partial charge in [-0.25, -0.2) is 4.39 Å². The van der Waals surface area contributed by atoms with E-state index in [-0.39, 0.29) is 30.1 Å². The average molecular weight is 481 g/mol. The number of nitrogens with zero attached hydrogens (tertiary/aromatic N) is 1. The van der Waals surface area contributed by atoms with E-state index in [0.717, 1.165) is 5.56 Å². The molecule has 0 bridgehead atoms. The molecule has 0 saturated carbocycles. The second kappa shape index (κ2) is 11.2. The van der Waals surface area contributed by atoms with Crippen LogP contribution in [0.1, 0.15) is 35.7 Å². The fourth-order valence-electron chi connectivity index (χ4n) is 3.91. The lowest BCUT2D eigenvalue weighted by atomic mass is 10.0. The molecule has 1 aliphatic heterocycles. The number of carbonyl (C=O) groups is 1. The van der Waals surface area contributed by atoms with Crippen molar-refractivity contribution in [3.63, 3.8) is 0 Å². The molecule has 10 heteroatoms. The summed E-state index contributed by atoms with van der Waals surface area (Å²) in [5, 5.41) is 16.2. The van der Waals surface area contributed by atoms with Crippen molar-refractivity contribution >= 4 is 28.1 Å². The number of aliphatic hydroxyl groups excluding tert-OH is 1. The number of amides is 1. The Hall–Kier alpha value is -2.37. The molecular weight excluding hydrogens is 447 g/mol. The predicted molar refractivity (Wildman–Crippen MR) is 131 cm³/mol. The van der Waals surface area contributed by atoms with Crippen molar-refractivity contribution in [2.45, 2.75) is 38.3 Å². The van der Waals surface area contributed by atoms with E-state index in [2.05, 4.69) is 10.6 Å². The van der Waals surface area contributed by atoms with Gasteiger partial charge in [-0.2, -0.15) is 0 Å². The van der Waals surface area contributed by atoms with Crippen LogP contribution in [0.25, 0.3) is 0 Å². The molecule has 2 aromatic rings. The summed E-state index contributed by atoms with van der Waals surface area (Å²) in [5.74, 6) is -1.39. The maximum Gasteiger partial charge on any atom is 0.254 e. The van der Waals surface area contributed by atoms with E-state index < -0.39 is 34.6 Å². The summed E-state index contributed by atoms with van der Waals surface area (Å²) in [4.78, 5) is 13.2. The lowest BCUT2D eigenvalue weighted by molar-refractivity contribution is 0.0842. The third-order valence-corrected chi connectivity index (χ3v) is 7.57. The summed E-state index contributed by atoms with van der Waals surface area (Å²) in [6.07, 6.45) is 0.616. The largest absolute Gasteiger partial charge is 0.390 e. The Bertz CT molecular complexity index is 948. The van der Waals surface area contributed by atoms with Gasteiger partial charge in [0, 0.05) is 25.3 Å². The third-order valence-electron chi connectivity index (χ3n) is 5.65. The molecule has 0 unspecified atom stereocenters. The number of aliphatic hydroxyl groups is 1. The number of benzene rings is 2. The van der Waals surface area contributed by atoms with Crippen molar-refractivity contribution in [1.29, 1.82) is 0 Å². The van der Waals surface area contributed by atoms with Crippen LogP contribution in [0.15, 0.2) is 42.5 Å². The van der Waals surface area contributed by atoms with Crippen LogP contribution >= 0.6 is 10.8 Å². The maximum absolute atomic E-state index is 15.6. The Kier molecular flexibility index (Phi) is 8.55. The first-order chi connectivity index (χ1) is 15.8. The minimum Gasteiger partial charge on any atom is -0.390 e. The molecule has 0 radical (unpaired) electrons. The molecule has 1 saturated heterocycles. The van der Waals surface area contributed by atoms with Gasteiger partial charge in [-0.1, -0.05) is 30.3 Å². The molecule has 7 N–H and O–H groups in total. The first-order valence-corrected chi connectivity index (χ1v) is 12.8. The first kappa shape index (κ1) is 25.3. The lowest BCUT2D eigenvalue weighted by Gasteiger charge is -2.47. The SMILES string of the molecule is CCNc1cc(C(=O)N[C@@H](Cc2ccccc2)[C@H](O)CN)c(F)c(N2CCCCS2(O)O)c1. The number of hydrogen-bond donors (Lipinski definition) is 6. The highest BCUT2D eigenvalue weighted by Gasteiger charge is 2.32. The highest BCUT2D eigenvalue weighted by Crippen LogP contribution is 2.50. The lowest BCUT2D eigenvalue weighted by Crippen LogP contribution is -2.48. The van der Waals surface area contributed by atoms with Gasteiger partial charge in [0.25, 0.3) is 5.91 Å². The molecule has 33 heavy (non-hydrogen) atoms. The molecule has 2 atom stereocenters. The fourth-order valence-corrected chi connectivity index (χ4v) is 5.59. The van der Waals surface area contributed by atoms with E-state index in [4.69, 9.17) is 5.73 Å². The zero-order valence-corrected chi connectivity index (χ0v) is 19.5. The second-order valence-electron chi connectivity index (χ2n) is 8.11. The van der Waals surface area contributed by atoms with Crippen LogP contribution in [-0.2, 0) is 6.42 Å². The molecule has 8 nitrogen and oxygen atoms in total. The van der Waals surface area contributed by atoms with Crippen molar-refractivity contribution in [3.8, 4) is 0 Å². The Balaban J connectivity index is 1.94. The van der Waals surface area contributed by atoms with Gasteiger partial charge in [-0.15, -0.1) is 10.8 Å². The van der Waals surface area contributed by atoms with Crippen LogP contribution < -0.4 is 20.7 Å². The Morgan fingerprint density at radius 2 is 1.97 bits per heavy atom. The summed E-state index contributed by atoms with van der Waals surface area (Å²) in [6, 6.07) is 11.5. The van der Waals surface area contributed by atoms with Crippen molar-refractivity contribution < 1.29 is 23.4 Å². The minimum atomic E-state index is -3.18. The van der Waals surface area contributed by atoms with Crippen molar-refractivity contribution in [2.24, 2.45) is 5.73 Å². The average Bonchev–Trinajstić information content (AvgIpc) is 2.80. The van der Waals surface area contributed by atoms with E-state index in [1.165, 1.54) is 16.4 Å². The summed E-state index contributed by atoms with van der Waals surface area (Å²) in [6.45, 7) is 2.60. The van der Waals surface area contributed by atoms with E-state index in [1.807, 2.05) is 37.3 Å². The van der Waals surface area contributed by atoms with Gasteiger partial charge >= 0.3 is 0 Å². The first-order valence-electron chi connectivity index (χ1n) is 11.1. The number of hydrogen-bond acceptors (Lipinski definition) is 7. The summed E-state index contributed by atoms with van der Waals surface area (Å²) >= 11 is 0. The highest BCUT2D eigenvalue weighted by molar-refractivity contribution is 8.25. The summed E-state index contributed by atoms with van der Waals surface area (Å²) in [5.41, 5.74) is 6.74. The normalized spacial score (nSPS) is 18.3. The van der Waals surface area contributed by atoms with Crippen LogP contribution in [0.4, 0.5) is 15.8 Å². The topological polar surface area (TPSA) is 131 Å². The molecule has 0 aromatic heterocycles. The third kappa shape index (κ3) is 6.15. The predicted octanol–water partition coefficient (Wildman–Crippen LogP) is 3.18. The quantitative estimate of drug-likeness (QED) is 0.325. The minimum absolute atomic E-state index is 0.0303. The van der Waals surface area contributed by atoms with E-state index in [9.17, 15) is 19.0 Å². The van der Waals surface area contributed by atoms with Gasteiger partial charge in [0.05, 0.1) is 29.1 Å². The van der Waals surface area contributed by atoms with E-state index in [1.54, 1.807) is 0 Å². The fraction of sp³-hybridized carbons (Fsp3) is 0.435. The van der Waals surface area contributed by atoms with Crippen LogP contribution in [-0.4, -0.2) is 57.7 Å². The number of halogens is 1. The van der Waals surface area contributed by atoms with Gasteiger partial charge in [0.1, 0.15) is 0 Å². The summed E-state index contributed by atoms with van der Waals surface area (Å²) in [7, 11) is -3.18. The van der Waals surface area contributed by atoms with Crippen molar-refractivity contribution in [1.82, 2.24) is 5.32 Å². The molecule has 0 spiro atoms. The molecule has 1 fully saturated rings. The number of nitrogens with two attached hydrogens (primary N) is 1.